The lowest BCUT2D eigenvalue weighted by Crippen LogP contribution is -2.22. The van der Waals surface area contributed by atoms with E-state index in [9.17, 15) is 18.8 Å². The van der Waals surface area contributed by atoms with Gasteiger partial charge in [0.25, 0.3) is 5.91 Å². The minimum absolute atomic E-state index is 0.0658. The van der Waals surface area contributed by atoms with Gasteiger partial charge >= 0.3 is 5.97 Å². The van der Waals surface area contributed by atoms with Crippen molar-refractivity contribution in [2.45, 2.75) is 4.90 Å². The Hall–Kier alpha value is -2.58. The molecule has 0 saturated carbocycles. The molecule has 1 aliphatic heterocycles. The van der Waals surface area contributed by atoms with Gasteiger partial charge in [0.05, 0.1) is 22.7 Å². The van der Waals surface area contributed by atoms with Crippen LogP contribution in [0.4, 0.5) is 15.8 Å². The van der Waals surface area contributed by atoms with Crippen LogP contribution in [0.2, 0.25) is 5.02 Å². The quantitative estimate of drug-likeness (QED) is 0.777. The fourth-order valence-corrected chi connectivity index (χ4v) is 3.15. The van der Waals surface area contributed by atoms with Crippen LogP contribution in [0.1, 0.15) is 10.4 Å². The van der Waals surface area contributed by atoms with Crippen molar-refractivity contribution >= 4 is 52.5 Å². The minimum atomic E-state index is -0.732. The Labute approximate surface area is 157 Å². The first-order chi connectivity index (χ1) is 12.4. The molecule has 1 aliphatic rings. The van der Waals surface area contributed by atoms with E-state index >= 15 is 0 Å². The molecule has 2 amide bonds. The standard InChI is InChI=1S/C17H12ClFN2O4S/c18-10-2-3-12(11(19)6-10)20-15(22)7-25-17(24)9-1-4-14-13(5-9)21-16(23)8-26-14/h1-6H,7-8H2,(H,20,22)(H,21,23). The van der Waals surface area contributed by atoms with Crippen LogP contribution >= 0.6 is 23.4 Å². The van der Waals surface area contributed by atoms with Gasteiger partial charge in [-0.1, -0.05) is 11.6 Å². The SMILES string of the molecule is O=C(COC(=O)c1ccc2c(c1)NC(=O)CS2)Nc1ccc(Cl)cc1F. The van der Waals surface area contributed by atoms with Crippen molar-refractivity contribution in [3.05, 3.63) is 52.8 Å². The number of fused-ring (bicyclic) bond motifs is 1. The van der Waals surface area contributed by atoms with Crippen LogP contribution in [0.5, 0.6) is 0 Å². The number of carbonyl (C=O) groups excluding carboxylic acids is 3. The van der Waals surface area contributed by atoms with E-state index in [1.165, 1.54) is 30.0 Å². The molecule has 0 atom stereocenters. The summed E-state index contributed by atoms with van der Waals surface area (Å²) in [5.74, 6) is -1.96. The molecule has 0 bridgehead atoms. The maximum absolute atomic E-state index is 13.6. The van der Waals surface area contributed by atoms with Gasteiger partial charge in [0.2, 0.25) is 5.91 Å². The van der Waals surface area contributed by atoms with Crippen LogP contribution in [0.25, 0.3) is 0 Å². The summed E-state index contributed by atoms with van der Waals surface area (Å²) >= 11 is 7.00. The molecule has 1 heterocycles. The number of thioether (sulfide) groups is 1. The molecule has 0 aliphatic carbocycles. The molecule has 0 spiro atoms. The van der Waals surface area contributed by atoms with Crippen molar-refractivity contribution in [1.29, 1.82) is 0 Å². The first-order valence-electron chi connectivity index (χ1n) is 7.41. The average molecular weight is 395 g/mol. The van der Waals surface area contributed by atoms with Gasteiger partial charge in [0.1, 0.15) is 5.82 Å². The Kier molecular flexibility index (Phi) is 5.43. The van der Waals surface area contributed by atoms with E-state index in [4.69, 9.17) is 16.3 Å². The molecule has 26 heavy (non-hydrogen) atoms. The van der Waals surface area contributed by atoms with Gasteiger partial charge in [-0.05, 0) is 36.4 Å². The number of carbonyl (C=O) groups is 3. The van der Waals surface area contributed by atoms with Crippen LogP contribution in [-0.4, -0.2) is 30.1 Å². The van der Waals surface area contributed by atoms with E-state index in [0.29, 0.717) is 11.4 Å². The molecule has 2 aromatic rings. The van der Waals surface area contributed by atoms with Gasteiger partial charge in [-0.25, -0.2) is 9.18 Å². The number of benzene rings is 2. The van der Waals surface area contributed by atoms with E-state index in [2.05, 4.69) is 10.6 Å². The van der Waals surface area contributed by atoms with Crippen LogP contribution in [0.3, 0.4) is 0 Å². The number of hydrogen-bond donors (Lipinski definition) is 2. The third kappa shape index (κ3) is 4.33. The van der Waals surface area contributed by atoms with E-state index in [0.717, 1.165) is 11.0 Å². The summed E-state index contributed by atoms with van der Waals surface area (Å²) < 4.78 is 18.5. The van der Waals surface area contributed by atoms with Crippen molar-refractivity contribution < 1.29 is 23.5 Å². The molecule has 0 radical (unpaired) electrons. The largest absolute Gasteiger partial charge is 0.452 e. The van der Waals surface area contributed by atoms with Gasteiger partial charge in [0.15, 0.2) is 6.61 Å². The maximum Gasteiger partial charge on any atom is 0.338 e. The van der Waals surface area contributed by atoms with Gasteiger partial charge in [0, 0.05) is 9.92 Å². The summed E-state index contributed by atoms with van der Waals surface area (Å²) in [5.41, 5.74) is 0.648. The van der Waals surface area contributed by atoms with Gasteiger partial charge in [-0.3, -0.25) is 9.59 Å². The fourth-order valence-electron chi connectivity index (χ4n) is 2.20. The third-order valence-electron chi connectivity index (χ3n) is 3.39. The van der Waals surface area contributed by atoms with E-state index in [1.807, 2.05) is 0 Å². The number of halogens is 2. The molecule has 0 saturated heterocycles. The number of amides is 2. The smallest absolute Gasteiger partial charge is 0.338 e. The number of anilines is 2. The van der Waals surface area contributed by atoms with E-state index in [1.54, 1.807) is 12.1 Å². The van der Waals surface area contributed by atoms with Crippen molar-refractivity contribution in [2.24, 2.45) is 0 Å². The Bertz CT molecular complexity index is 906. The molecule has 0 unspecified atom stereocenters. The Morgan fingerprint density at radius 2 is 2.08 bits per heavy atom. The zero-order valence-electron chi connectivity index (χ0n) is 13.2. The second-order valence-electron chi connectivity index (χ2n) is 5.30. The summed E-state index contributed by atoms with van der Waals surface area (Å²) in [6.07, 6.45) is 0. The molecule has 134 valence electrons. The lowest BCUT2D eigenvalue weighted by atomic mass is 10.2. The molecule has 2 aromatic carbocycles. The zero-order valence-corrected chi connectivity index (χ0v) is 14.7. The number of esters is 1. The lowest BCUT2D eigenvalue weighted by Gasteiger charge is -2.16. The molecule has 0 aromatic heterocycles. The number of nitrogens with one attached hydrogen (secondary N) is 2. The Morgan fingerprint density at radius 1 is 1.27 bits per heavy atom. The monoisotopic (exact) mass is 394 g/mol. The van der Waals surface area contributed by atoms with Gasteiger partial charge in [-0.15, -0.1) is 11.8 Å². The summed E-state index contributed by atoms with van der Waals surface area (Å²) in [6.45, 7) is -0.584. The topological polar surface area (TPSA) is 84.5 Å². The lowest BCUT2D eigenvalue weighted by molar-refractivity contribution is -0.119. The Balaban J connectivity index is 1.59. The molecule has 6 nitrogen and oxygen atoms in total. The van der Waals surface area contributed by atoms with E-state index < -0.39 is 24.3 Å². The summed E-state index contributed by atoms with van der Waals surface area (Å²) in [7, 11) is 0. The van der Waals surface area contributed by atoms with Gasteiger partial charge < -0.3 is 15.4 Å². The highest BCUT2D eigenvalue weighted by atomic mass is 35.5. The molecular weight excluding hydrogens is 383 g/mol. The highest BCUT2D eigenvalue weighted by Gasteiger charge is 2.18. The molecule has 2 N–H and O–H groups in total. The van der Waals surface area contributed by atoms with Crippen molar-refractivity contribution in [3.63, 3.8) is 0 Å². The molecule has 3 rings (SSSR count). The maximum atomic E-state index is 13.6. The summed E-state index contributed by atoms with van der Waals surface area (Å²) in [5, 5.41) is 5.15. The second-order valence-corrected chi connectivity index (χ2v) is 6.75. The normalized spacial score (nSPS) is 12.8. The number of rotatable bonds is 4. The highest BCUT2D eigenvalue weighted by Crippen LogP contribution is 2.32. The minimum Gasteiger partial charge on any atom is -0.452 e. The predicted molar refractivity (Wildman–Crippen MR) is 96.1 cm³/mol. The third-order valence-corrected chi connectivity index (χ3v) is 4.70. The van der Waals surface area contributed by atoms with Crippen molar-refractivity contribution in [1.82, 2.24) is 0 Å². The van der Waals surface area contributed by atoms with Crippen molar-refractivity contribution in [3.8, 4) is 0 Å². The fraction of sp³-hybridized carbons (Fsp3) is 0.118. The van der Waals surface area contributed by atoms with Gasteiger partial charge in [-0.2, -0.15) is 0 Å². The molecular formula is C17H12ClFN2O4S. The predicted octanol–water partition coefficient (Wildman–Crippen LogP) is 3.32. The molecule has 0 fully saturated rings. The highest BCUT2D eigenvalue weighted by molar-refractivity contribution is 8.00. The number of hydrogen-bond acceptors (Lipinski definition) is 5. The molecule has 9 heteroatoms. The first-order valence-corrected chi connectivity index (χ1v) is 8.77. The summed E-state index contributed by atoms with van der Waals surface area (Å²) in [6, 6.07) is 8.51. The van der Waals surface area contributed by atoms with Crippen molar-refractivity contribution in [2.75, 3.05) is 23.0 Å². The van der Waals surface area contributed by atoms with Crippen LogP contribution < -0.4 is 10.6 Å². The Morgan fingerprint density at radius 3 is 2.85 bits per heavy atom. The first kappa shape index (κ1) is 18.2. The number of ether oxygens (including phenoxy) is 1. The van der Waals surface area contributed by atoms with Crippen LogP contribution in [0.15, 0.2) is 41.3 Å². The zero-order chi connectivity index (χ0) is 18.7. The summed E-state index contributed by atoms with van der Waals surface area (Å²) in [4.78, 5) is 36.1. The van der Waals surface area contributed by atoms with E-state index in [-0.39, 0.29) is 22.2 Å². The van der Waals surface area contributed by atoms with Crippen LogP contribution in [0, 0.1) is 5.82 Å². The van der Waals surface area contributed by atoms with Crippen LogP contribution in [-0.2, 0) is 14.3 Å². The second kappa shape index (κ2) is 7.76. The average Bonchev–Trinajstić information content (AvgIpc) is 2.61.